The van der Waals surface area contributed by atoms with Crippen molar-refractivity contribution in [1.82, 2.24) is 0 Å². The predicted octanol–water partition coefficient (Wildman–Crippen LogP) is 3.71. The monoisotopic (exact) mass is 561 g/mol. The van der Waals surface area contributed by atoms with Gasteiger partial charge in [0.15, 0.2) is 0 Å². The van der Waals surface area contributed by atoms with Crippen LogP contribution in [0, 0.1) is 11.3 Å². The van der Waals surface area contributed by atoms with Crippen LogP contribution >= 0.6 is 0 Å². The van der Waals surface area contributed by atoms with Crippen LogP contribution in [0.5, 0.6) is 0 Å². The normalized spacial score (nSPS) is 15.0. The van der Waals surface area contributed by atoms with Gasteiger partial charge in [0.25, 0.3) is 0 Å². The third-order valence-corrected chi connectivity index (χ3v) is 5.94. The number of benzene rings is 2. The Labute approximate surface area is 237 Å². The van der Waals surface area contributed by atoms with Crippen LogP contribution in [-0.4, -0.2) is 50.3 Å². The molecule has 1 heterocycles. The fourth-order valence-electron chi connectivity index (χ4n) is 4.32. The van der Waals surface area contributed by atoms with Crippen molar-refractivity contribution in [3.8, 4) is 6.07 Å². The summed E-state index contributed by atoms with van der Waals surface area (Å²) in [6.45, 7) is 6.63. The first-order valence-electron chi connectivity index (χ1n) is 12.7. The number of esters is 4. The Kier molecular flexibility index (Phi) is 9.52. The van der Waals surface area contributed by atoms with Crippen LogP contribution in [0.25, 0.3) is 0 Å². The maximum atomic E-state index is 13.4. The number of hydrogen-bond acceptors (Lipinski definition) is 11. The summed E-state index contributed by atoms with van der Waals surface area (Å²) < 4.78 is 20.7. The minimum atomic E-state index is -1.08. The number of methoxy groups -OCH3 is 2. The van der Waals surface area contributed by atoms with Crippen LogP contribution < -0.4 is 10.6 Å². The summed E-state index contributed by atoms with van der Waals surface area (Å²) in [5.74, 6) is -4.74. The Hall–Kier alpha value is -5.11. The van der Waals surface area contributed by atoms with E-state index in [1.807, 2.05) is 0 Å². The van der Waals surface area contributed by atoms with Gasteiger partial charge in [0.05, 0.1) is 60.7 Å². The minimum Gasteiger partial charge on any atom is -0.466 e. The lowest BCUT2D eigenvalue weighted by Crippen LogP contribution is -2.41. The Bertz CT molecular complexity index is 1430. The predicted molar refractivity (Wildman–Crippen MR) is 147 cm³/mol. The molecule has 1 aliphatic heterocycles. The second-order valence-corrected chi connectivity index (χ2v) is 9.51. The second kappa shape index (κ2) is 12.8. The largest absolute Gasteiger partial charge is 0.466 e. The summed E-state index contributed by atoms with van der Waals surface area (Å²) in [4.78, 5) is 53.6. The number of allylic oxidation sites excluding steroid dienone is 1. The summed E-state index contributed by atoms with van der Waals surface area (Å²) in [7, 11) is 2.24. The van der Waals surface area contributed by atoms with E-state index in [0.29, 0.717) is 5.56 Å². The van der Waals surface area contributed by atoms with Crippen LogP contribution in [0.4, 0.5) is 5.69 Å². The molecule has 2 aromatic rings. The maximum absolute atomic E-state index is 13.4. The van der Waals surface area contributed by atoms with Gasteiger partial charge in [0.1, 0.15) is 11.5 Å². The van der Waals surface area contributed by atoms with Gasteiger partial charge in [-0.2, -0.15) is 5.26 Å². The van der Waals surface area contributed by atoms with E-state index < -0.39 is 42.0 Å². The van der Waals surface area contributed by atoms with Crippen molar-refractivity contribution >= 4 is 29.6 Å². The van der Waals surface area contributed by atoms with E-state index in [1.165, 1.54) is 18.2 Å². The number of rotatable bonds is 8. The van der Waals surface area contributed by atoms with Crippen molar-refractivity contribution in [2.45, 2.75) is 45.8 Å². The van der Waals surface area contributed by atoms with E-state index in [2.05, 4.69) is 6.07 Å². The highest BCUT2D eigenvalue weighted by molar-refractivity contribution is 6.07. The summed E-state index contributed by atoms with van der Waals surface area (Å²) in [6, 6.07) is 14.5. The molecule has 2 aromatic carbocycles. The molecule has 0 fully saturated rings. The van der Waals surface area contributed by atoms with E-state index in [9.17, 15) is 24.4 Å². The van der Waals surface area contributed by atoms with Crippen molar-refractivity contribution in [3.63, 3.8) is 0 Å². The molecule has 0 amide bonds. The molecule has 11 nitrogen and oxygen atoms in total. The maximum Gasteiger partial charge on any atom is 0.355 e. The highest BCUT2D eigenvalue weighted by Gasteiger charge is 2.43. The van der Waals surface area contributed by atoms with E-state index in [4.69, 9.17) is 24.7 Å². The van der Waals surface area contributed by atoms with Gasteiger partial charge in [-0.25, -0.2) is 19.2 Å². The number of nitrogens with zero attached hydrogens (tertiary/aromatic N) is 2. The SMILES string of the molecule is COC(=O)C1=C(C(=O)OC)N(c2cc(C(=O)OC(C)C)cc(C(=O)OC(C)C)c2)C(N)=C(C#N)C1c1ccccc1. The number of nitriles is 1. The van der Waals surface area contributed by atoms with E-state index in [1.54, 1.807) is 58.0 Å². The topological polar surface area (TPSA) is 158 Å². The minimum absolute atomic E-state index is 0.00234. The molecule has 0 spiro atoms. The molecule has 2 N–H and O–H groups in total. The average molecular weight is 562 g/mol. The van der Waals surface area contributed by atoms with Crippen LogP contribution in [0.2, 0.25) is 0 Å². The zero-order valence-corrected chi connectivity index (χ0v) is 23.6. The van der Waals surface area contributed by atoms with Gasteiger partial charge in [-0.1, -0.05) is 30.3 Å². The van der Waals surface area contributed by atoms with Gasteiger partial charge in [0.2, 0.25) is 0 Å². The quantitative estimate of drug-likeness (QED) is 0.370. The fourth-order valence-corrected chi connectivity index (χ4v) is 4.32. The Morgan fingerprint density at radius 1 is 0.829 bits per heavy atom. The van der Waals surface area contributed by atoms with Crippen molar-refractivity contribution in [2.24, 2.45) is 5.73 Å². The Morgan fingerprint density at radius 3 is 1.78 bits per heavy atom. The molecule has 11 heteroatoms. The van der Waals surface area contributed by atoms with E-state index in [0.717, 1.165) is 19.1 Å². The third kappa shape index (κ3) is 6.38. The first kappa shape index (κ1) is 30.4. The Morgan fingerprint density at radius 2 is 1.34 bits per heavy atom. The number of nitrogens with two attached hydrogens (primary N) is 1. The Balaban J connectivity index is 2.43. The molecule has 1 aliphatic rings. The van der Waals surface area contributed by atoms with Gasteiger partial charge in [-0.3, -0.25) is 4.90 Å². The zero-order chi connectivity index (χ0) is 30.4. The van der Waals surface area contributed by atoms with Crippen molar-refractivity contribution in [2.75, 3.05) is 19.1 Å². The molecule has 3 rings (SSSR count). The summed E-state index contributed by atoms with van der Waals surface area (Å²) in [5, 5.41) is 10.2. The van der Waals surface area contributed by atoms with Crippen LogP contribution in [0.3, 0.4) is 0 Å². The van der Waals surface area contributed by atoms with Crippen molar-refractivity contribution < 1.29 is 38.1 Å². The molecule has 1 unspecified atom stereocenters. The molecule has 0 radical (unpaired) electrons. The standard InChI is InChI=1S/C30H31N3O8/c1-16(2)40-27(34)19-12-20(28(35)41-17(3)4)14-21(13-19)33-25(30(37)39-6)24(29(36)38-5)23(22(15-31)26(33)32)18-10-8-7-9-11-18/h7-14,16-17,23H,32H2,1-6H3. The first-order valence-corrected chi connectivity index (χ1v) is 12.7. The van der Waals surface area contributed by atoms with Crippen LogP contribution in [-0.2, 0) is 28.5 Å². The molecule has 1 atom stereocenters. The highest BCUT2D eigenvalue weighted by Crippen LogP contribution is 2.43. The average Bonchev–Trinajstić information content (AvgIpc) is 2.95. The van der Waals surface area contributed by atoms with Crippen molar-refractivity contribution in [1.29, 1.82) is 5.26 Å². The molecular weight excluding hydrogens is 530 g/mol. The first-order chi connectivity index (χ1) is 19.4. The highest BCUT2D eigenvalue weighted by atomic mass is 16.5. The molecule has 214 valence electrons. The fraction of sp³-hybridized carbons (Fsp3) is 0.300. The molecule has 0 saturated carbocycles. The summed E-state index contributed by atoms with van der Waals surface area (Å²) in [5.41, 5.74) is 6.25. The summed E-state index contributed by atoms with van der Waals surface area (Å²) in [6.07, 6.45) is -0.962. The summed E-state index contributed by atoms with van der Waals surface area (Å²) >= 11 is 0. The number of carbonyl (C=O) groups excluding carboxylic acids is 4. The number of anilines is 1. The molecule has 0 saturated heterocycles. The van der Waals surface area contributed by atoms with Gasteiger partial charge < -0.3 is 24.7 Å². The zero-order valence-electron chi connectivity index (χ0n) is 23.6. The number of carbonyl (C=O) groups is 4. The molecule has 0 aromatic heterocycles. The van der Waals surface area contributed by atoms with Gasteiger partial charge in [-0.05, 0) is 51.5 Å². The lowest BCUT2D eigenvalue weighted by Gasteiger charge is -2.36. The number of ether oxygens (including phenoxy) is 4. The smallest absolute Gasteiger partial charge is 0.355 e. The lowest BCUT2D eigenvalue weighted by atomic mass is 9.81. The second-order valence-electron chi connectivity index (χ2n) is 9.51. The van der Waals surface area contributed by atoms with Crippen molar-refractivity contribution in [3.05, 3.63) is 87.9 Å². The molecular formula is C30H31N3O8. The molecule has 0 bridgehead atoms. The number of hydrogen-bond donors (Lipinski definition) is 1. The molecule has 41 heavy (non-hydrogen) atoms. The van der Waals surface area contributed by atoms with Crippen LogP contribution in [0.1, 0.15) is 59.9 Å². The van der Waals surface area contributed by atoms with E-state index in [-0.39, 0.29) is 39.5 Å². The molecule has 0 aliphatic carbocycles. The van der Waals surface area contributed by atoms with E-state index >= 15 is 0 Å². The third-order valence-electron chi connectivity index (χ3n) is 5.94. The van der Waals surface area contributed by atoms with Crippen LogP contribution in [0.15, 0.2) is 71.2 Å². The lowest BCUT2D eigenvalue weighted by molar-refractivity contribution is -0.139. The van der Waals surface area contributed by atoms with Gasteiger partial charge in [-0.15, -0.1) is 0 Å². The van der Waals surface area contributed by atoms with Gasteiger partial charge in [0, 0.05) is 5.69 Å². The van der Waals surface area contributed by atoms with Gasteiger partial charge >= 0.3 is 23.9 Å².